The second-order valence-corrected chi connectivity index (χ2v) is 7.36. The summed E-state index contributed by atoms with van der Waals surface area (Å²) in [4.78, 5) is 9.06. The summed E-state index contributed by atoms with van der Waals surface area (Å²) in [5.74, 6) is 1.35. The Morgan fingerprint density at radius 2 is 1.96 bits per heavy atom. The molecule has 6 nitrogen and oxygen atoms in total. The van der Waals surface area contributed by atoms with Crippen LogP contribution in [0.1, 0.15) is 37.7 Å². The van der Waals surface area contributed by atoms with Gasteiger partial charge in [-0.1, -0.05) is 0 Å². The number of pyridine rings is 2. The number of fused-ring (bicyclic) bond motifs is 4. The van der Waals surface area contributed by atoms with E-state index in [0.29, 0.717) is 12.5 Å². The van der Waals surface area contributed by atoms with Crippen LogP contribution in [0.25, 0.3) is 11.0 Å². The fourth-order valence-electron chi connectivity index (χ4n) is 4.08. The molecule has 2 saturated heterocycles. The zero-order valence-electron chi connectivity index (χ0n) is 14.9. The molecule has 0 atom stereocenters. The maximum atomic E-state index is 6.34. The van der Waals surface area contributed by atoms with Crippen molar-refractivity contribution in [2.75, 3.05) is 20.8 Å². The number of nitrogens with two attached hydrogens (primary N) is 1. The van der Waals surface area contributed by atoms with E-state index in [1.54, 1.807) is 20.4 Å². The lowest BCUT2D eigenvalue weighted by molar-refractivity contribution is -0.156. The van der Waals surface area contributed by atoms with Crippen LogP contribution in [-0.2, 0) is 11.2 Å². The van der Waals surface area contributed by atoms with Gasteiger partial charge in [-0.3, -0.25) is 4.98 Å². The zero-order valence-corrected chi connectivity index (χ0v) is 14.9. The van der Waals surface area contributed by atoms with E-state index in [0.717, 1.165) is 60.9 Å². The van der Waals surface area contributed by atoms with E-state index in [1.807, 2.05) is 12.1 Å². The van der Waals surface area contributed by atoms with Crippen LogP contribution in [0.3, 0.4) is 0 Å². The molecule has 4 heterocycles. The number of methoxy groups -OCH3 is 2. The van der Waals surface area contributed by atoms with Crippen molar-refractivity contribution < 1.29 is 14.2 Å². The van der Waals surface area contributed by atoms with Gasteiger partial charge in [0.15, 0.2) is 0 Å². The molecule has 2 aromatic rings. The topological polar surface area (TPSA) is 79.5 Å². The van der Waals surface area contributed by atoms with Gasteiger partial charge in [-0.05, 0) is 44.6 Å². The monoisotopic (exact) mass is 343 g/mol. The van der Waals surface area contributed by atoms with Gasteiger partial charge in [0.2, 0.25) is 5.88 Å². The molecular formula is C19H25N3O3. The highest BCUT2D eigenvalue weighted by Crippen LogP contribution is 2.45. The molecule has 2 bridgehead atoms. The lowest BCUT2D eigenvalue weighted by atomic mass is 9.70. The molecule has 0 spiro atoms. The molecule has 0 amide bonds. The van der Waals surface area contributed by atoms with Crippen molar-refractivity contribution in [1.82, 2.24) is 9.97 Å². The SMILES string of the molecule is COc1ccc2ncc(OC)c(CCC34CCC(N)(CC3)CO4)c2n1. The highest BCUT2D eigenvalue weighted by molar-refractivity contribution is 5.80. The standard InChI is InChI=1S/C19H25N3O3/c1-23-15-11-21-14-3-4-16(24-2)22-17(14)13(15)5-6-19-9-7-18(20,8-10-19)12-25-19/h3-4,11H,5-10,12,20H2,1-2H3. The largest absolute Gasteiger partial charge is 0.495 e. The van der Waals surface area contributed by atoms with Gasteiger partial charge in [-0.25, -0.2) is 4.98 Å². The average Bonchev–Trinajstić information content (AvgIpc) is 2.66. The molecule has 25 heavy (non-hydrogen) atoms. The van der Waals surface area contributed by atoms with Gasteiger partial charge in [0.25, 0.3) is 0 Å². The van der Waals surface area contributed by atoms with Crippen molar-refractivity contribution in [1.29, 1.82) is 0 Å². The van der Waals surface area contributed by atoms with Crippen molar-refractivity contribution in [3.05, 3.63) is 23.9 Å². The Morgan fingerprint density at radius 1 is 1.16 bits per heavy atom. The number of hydrogen-bond acceptors (Lipinski definition) is 6. The third-order valence-electron chi connectivity index (χ3n) is 5.84. The average molecular weight is 343 g/mol. The van der Waals surface area contributed by atoms with Gasteiger partial charge >= 0.3 is 0 Å². The van der Waals surface area contributed by atoms with E-state index in [2.05, 4.69) is 9.97 Å². The summed E-state index contributed by atoms with van der Waals surface area (Å²) in [6, 6.07) is 3.76. The Labute approximate surface area is 147 Å². The van der Waals surface area contributed by atoms with Crippen LogP contribution in [0.2, 0.25) is 0 Å². The minimum atomic E-state index is -0.0995. The molecular weight excluding hydrogens is 318 g/mol. The quantitative estimate of drug-likeness (QED) is 0.899. The predicted molar refractivity (Wildman–Crippen MR) is 95.0 cm³/mol. The Balaban J connectivity index is 1.64. The fraction of sp³-hybridized carbons (Fsp3) is 0.579. The lowest BCUT2D eigenvalue weighted by Crippen LogP contribution is -2.59. The van der Waals surface area contributed by atoms with E-state index in [1.165, 1.54) is 0 Å². The summed E-state index contributed by atoms with van der Waals surface area (Å²) in [5.41, 5.74) is 8.94. The summed E-state index contributed by atoms with van der Waals surface area (Å²) in [5, 5.41) is 0. The van der Waals surface area contributed by atoms with Gasteiger partial charge < -0.3 is 19.9 Å². The molecule has 5 rings (SSSR count). The third-order valence-corrected chi connectivity index (χ3v) is 5.84. The molecule has 0 unspecified atom stereocenters. The van der Waals surface area contributed by atoms with Crippen LogP contribution in [0, 0.1) is 0 Å². The van der Waals surface area contributed by atoms with Crippen molar-refractivity contribution >= 4 is 11.0 Å². The van der Waals surface area contributed by atoms with Crippen LogP contribution >= 0.6 is 0 Å². The second-order valence-electron chi connectivity index (χ2n) is 7.36. The summed E-state index contributed by atoms with van der Waals surface area (Å²) in [7, 11) is 3.29. The first-order valence-corrected chi connectivity index (χ1v) is 8.86. The molecule has 3 aliphatic rings. The minimum Gasteiger partial charge on any atom is -0.495 e. The molecule has 0 radical (unpaired) electrons. The second kappa shape index (κ2) is 6.11. The van der Waals surface area contributed by atoms with Crippen LogP contribution in [0.4, 0.5) is 0 Å². The molecule has 3 fully saturated rings. The lowest BCUT2D eigenvalue weighted by Gasteiger charge is -2.51. The van der Waals surface area contributed by atoms with E-state index in [-0.39, 0.29) is 11.1 Å². The number of nitrogens with zero attached hydrogens (tertiary/aromatic N) is 2. The van der Waals surface area contributed by atoms with Crippen LogP contribution in [-0.4, -0.2) is 41.9 Å². The highest BCUT2D eigenvalue weighted by Gasteiger charge is 2.47. The number of hydrogen-bond donors (Lipinski definition) is 1. The third kappa shape index (κ3) is 2.93. The first-order chi connectivity index (χ1) is 12.1. The Morgan fingerprint density at radius 3 is 2.60 bits per heavy atom. The summed E-state index contributed by atoms with van der Waals surface area (Å²) in [6.07, 6.45) is 7.71. The van der Waals surface area contributed by atoms with Gasteiger partial charge in [-0.15, -0.1) is 0 Å². The van der Waals surface area contributed by atoms with E-state index in [9.17, 15) is 0 Å². The molecule has 2 N–H and O–H groups in total. The van der Waals surface area contributed by atoms with Crippen molar-refractivity contribution in [3.8, 4) is 11.6 Å². The fourth-order valence-corrected chi connectivity index (χ4v) is 4.08. The number of ether oxygens (including phenoxy) is 3. The van der Waals surface area contributed by atoms with Crippen molar-refractivity contribution in [3.63, 3.8) is 0 Å². The summed E-state index contributed by atoms with van der Waals surface area (Å²) in [6.45, 7) is 0.674. The normalized spacial score (nSPS) is 28.3. The first-order valence-electron chi connectivity index (χ1n) is 8.86. The minimum absolute atomic E-state index is 0.0550. The van der Waals surface area contributed by atoms with Crippen LogP contribution in [0.15, 0.2) is 18.3 Å². The van der Waals surface area contributed by atoms with Gasteiger partial charge in [-0.2, -0.15) is 0 Å². The maximum absolute atomic E-state index is 6.34. The van der Waals surface area contributed by atoms with Crippen molar-refractivity contribution in [2.45, 2.75) is 49.7 Å². The van der Waals surface area contributed by atoms with Crippen molar-refractivity contribution in [2.24, 2.45) is 5.73 Å². The number of aromatic nitrogens is 2. The smallest absolute Gasteiger partial charge is 0.213 e. The van der Waals surface area contributed by atoms with Gasteiger partial charge in [0.1, 0.15) is 5.75 Å². The van der Waals surface area contributed by atoms with E-state index in [4.69, 9.17) is 19.9 Å². The molecule has 2 aromatic heterocycles. The Kier molecular flexibility index (Phi) is 4.04. The Bertz CT molecular complexity index is 763. The number of rotatable bonds is 5. The molecule has 1 aliphatic carbocycles. The van der Waals surface area contributed by atoms with E-state index < -0.39 is 0 Å². The first kappa shape index (κ1) is 16.5. The van der Waals surface area contributed by atoms with Gasteiger partial charge in [0, 0.05) is 17.2 Å². The molecule has 6 heteroatoms. The molecule has 1 saturated carbocycles. The van der Waals surface area contributed by atoms with Crippen LogP contribution < -0.4 is 15.2 Å². The number of aryl methyl sites for hydroxylation is 1. The van der Waals surface area contributed by atoms with E-state index >= 15 is 0 Å². The summed E-state index contributed by atoms with van der Waals surface area (Å²) >= 11 is 0. The maximum Gasteiger partial charge on any atom is 0.213 e. The highest BCUT2D eigenvalue weighted by atomic mass is 16.5. The Hall–Kier alpha value is -1.92. The molecule has 2 aliphatic heterocycles. The predicted octanol–water partition coefficient (Wildman–Crippen LogP) is 2.62. The molecule has 134 valence electrons. The summed E-state index contributed by atoms with van der Waals surface area (Å²) < 4.78 is 17.0. The van der Waals surface area contributed by atoms with Gasteiger partial charge in [0.05, 0.1) is 43.7 Å². The van der Waals surface area contributed by atoms with Crippen LogP contribution in [0.5, 0.6) is 11.6 Å². The zero-order chi connectivity index (χ0) is 17.5. The molecule has 0 aromatic carbocycles.